The van der Waals surface area contributed by atoms with Crippen LogP contribution in [-0.4, -0.2) is 18.6 Å². The Kier molecular flexibility index (Phi) is 4.75. The van der Waals surface area contributed by atoms with E-state index < -0.39 is 10.0 Å². The highest BCUT2D eigenvalue weighted by molar-refractivity contribution is 7.89. The Morgan fingerprint density at radius 1 is 0.920 bits per heavy atom. The van der Waals surface area contributed by atoms with E-state index in [2.05, 4.69) is 0 Å². The van der Waals surface area contributed by atoms with E-state index in [-0.39, 0.29) is 28.2 Å². The van der Waals surface area contributed by atoms with Crippen LogP contribution in [0.3, 0.4) is 0 Å². The quantitative estimate of drug-likeness (QED) is 0.779. The van der Waals surface area contributed by atoms with Gasteiger partial charge in [-0.25, -0.2) is 13.6 Å². The maximum absolute atomic E-state index is 11.9. The van der Waals surface area contributed by atoms with Crippen LogP contribution in [0.2, 0.25) is 0 Å². The fourth-order valence-corrected chi connectivity index (χ4v) is 4.65. The van der Waals surface area contributed by atoms with Crippen LogP contribution < -0.4 is 5.14 Å². The van der Waals surface area contributed by atoms with E-state index in [4.69, 9.17) is 5.14 Å². The minimum absolute atomic E-state index is 0.0486. The normalized spacial score (nSPS) is 21.2. The van der Waals surface area contributed by atoms with Gasteiger partial charge in [0.2, 0.25) is 10.0 Å². The lowest BCUT2D eigenvalue weighted by Gasteiger charge is -2.30. The summed E-state index contributed by atoms with van der Waals surface area (Å²) in [6.45, 7) is 1.94. The number of hydrogen-bond acceptors (Lipinski definition) is 4. The van der Waals surface area contributed by atoms with Crippen LogP contribution >= 0.6 is 0 Å². The van der Waals surface area contributed by atoms with Crippen molar-refractivity contribution in [2.24, 2.45) is 5.14 Å². The topological polar surface area (TPSA) is 101 Å². The van der Waals surface area contributed by atoms with Crippen LogP contribution in [0, 0.1) is 6.92 Å². The Labute approximate surface area is 148 Å². The highest BCUT2D eigenvalue weighted by atomic mass is 32.2. The third kappa shape index (κ3) is 3.80. The molecule has 3 rings (SSSR count). The summed E-state index contributed by atoms with van der Waals surface area (Å²) in [4.78, 5) is 0.217. The van der Waals surface area contributed by atoms with E-state index in [0.717, 1.165) is 42.4 Å². The molecule has 0 atom stereocenters. The fourth-order valence-electron chi connectivity index (χ4n) is 3.84. The molecule has 0 radical (unpaired) electrons. The molecular formula is C19H23NO4S. The van der Waals surface area contributed by atoms with Gasteiger partial charge in [0.15, 0.2) is 0 Å². The number of phenols is 2. The number of rotatable bonds is 3. The lowest BCUT2D eigenvalue weighted by molar-refractivity contribution is 0.377. The van der Waals surface area contributed by atoms with Crippen molar-refractivity contribution in [3.63, 3.8) is 0 Å². The maximum atomic E-state index is 11.9. The van der Waals surface area contributed by atoms with Crippen LogP contribution in [-0.2, 0) is 10.0 Å². The number of nitrogens with two attached hydrogens (primary N) is 1. The second-order valence-electron chi connectivity index (χ2n) is 6.88. The third-order valence-corrected chi connectivity index (χ3v) is 6.08. The van der Waals surface area contributed by atoms with E-state index in [1.807, 2.05) is 13.0 Å². The Balaban J connectivity index is 1.82. The van der Waals surface area contributed by atoms with E-state index in [9.17, 15) is 18.6 Å². The largest absolute Gasteiger partial charge is 0.508 e. The van der Waals surface area contributed by atoms with E-state index in [0.29, 0.717) is 0 Å². The number of benzene rings is 2. The second kappa shape index (κ2) is 6.69. The first-order valence-corrected chi connectivity index (χ1v) is 9.95. The molecule has 0 saturated heterocycles. The monoisotopic (exact) mass is 361 g/mol. The third-order valence-electron chi connectivity index (χ3n) is 5.09. The van der Waals surface area contributed by atoms with Gasteiger partial charge in [-0.3, -0.25) is 0 Å². The van der Waals surface area contributed by atoms with Crippen molar-refractivity contribution in [1.29, 1.82) is 0 Å². The zero-order valence-electron chi connectivity index (χ0n) is 14.1. The SMILES string of the molecule is Cc1ccc(S(N)(=O)=O)c([C@H]2CC[C@H](c3ccc(O)cc3O)CC2)c1. The zero-order chi connectivity index (χ0) is 18.2. The summed E-state index contributed by atoms with van der Waals surface area (Å²) in [5.74, 6) is 0.514. The smallest absolute Gasteiger partial charge is 0.238 e. The van der Waals surface area contributed by atoms with Crippen LogP contribution in [0.25, 0.3) is 0 Å². The molecule has 134 valence electrons. The molecule has 25 heavy (non-hydrogen) atoms. The number of sulfonamides is 1. The van der Waals surface area contributed by atoms with Gasteiger partial charge in [-0.1, -0.05) is 23.8 Å². The van der Waals surface area contributed by atoms with Crippen molar-refractivity contribution >= 4 is 10.0 Å². The lowest BCUT2D eigenvalue weighted by Crippen LogP contribution is -2.19. The number of aromatic hydroxyl groups is 2. The molecular weight excluding hydrogens is 338 g/mol. The van der Waals surface area contributed by atoms with Crippen LogP contribution in [0.5, 0.6) is 11.5 Å². The van der Waals surface area contributed by atoms with Gasteiger partial charge in [-0.2, -0.15) is 0 Å². The van der Waals surface area contributed by atoms with Gasteiger partial charge >= 0.3 is 0 Å². The van der Waals surface area contributed by atoms with Gasteiger partial charge in [-0.15, -0.1) is 0 Å². The molecule has 0 aromatic heterocycles. The van der Waals surface area contributed by atoms with E-state index >= 15 is 0 Å². The molecule has 1 saturated carbocycles. The minimum atomic E-state index is -3.74. The predicted octanol–water partition coefficient (Wildman–Crippen LogP) is 3.50. The summed E-state index contributed by atoms with van der Waals surface area (Å²) in [7, 11) is -3.74. The fraction of sp³-hybridized carbons (Fsp3) is 0.368. The summed E-state index contributed by atoms with van der Waals surface area (Å²) >= 11 is 0. The van der Waals surface area contributed by atoms with Gasteiger partial charge < -0.3 is 10.2 Å². The summed E-state index contributed by atoms with van der Waals surface area (Å²) in [5, 5.41) is 24.9. The lowest BCUT2D eigenvalue weighted by atomic mass is 9.76. The number of aryl methyl sites for hydroxylation is 1. The molecule has 6 heteroatoms. The maximum Gasteiger partial charge on any atom is 0.238 e. The van der Waals surface area contributed by atoms with Gasteiger partial charge in [0, 0.05) is 6.07 Å². The molecule has 4 N–H and O–H groups in total. The Morgan fingerprint density at radius 2 is 1.52 bits per heavy atom. The molecule has 2 aromatic rings. The standard InChI is InChI=1S/C19H23NO4S/c1-12-2-9-19(25(20,23)24)17(10-12)14-5-3-13(4-6-14)16-8-7-15(21)11-18(16)22/h2,7-11,13-14,21-22H,3-6H2,1H3,(H2,20,23,24)/t13-,14-. The molecule has 0 aliphatic heterocycles. The van der Waals surface area contributed by atoms with E-state index in [1.165, 1.54) is 6.07 Å². The van der Waals surface area contributed by atoms with Crippen LogP contribution in [0.1, 0.15) is 54.2 Å². The van der Waals surface area contributed by atoms with E-state index in [1.54, 1.807) is 24.3 Å². The molecule has 0 amide bonds. The minimum Gasteiger partial charge on any atom is -0.508 e. The summed E-state index contributed by atoms with van der Waals surface area (Å²) in [5.41, 5.74) is 2.66. The molecule has 0 bridgehead atoms. The van der Waals surface area contributed by atoms with Crippen molar-refractivity contribution in [2.45, 2.75) is 49.3 Å². The molecule has 0 spiro atoms. The van der Waals surface area contributed by atoms with Gasteiger partial charge in [-0.05, 0) is 67.7 Å². The first-order valence-electron chi connectivity index (χ1n) is 8.41. The van der Waals surface area contributed by atoms with Crippen molar-refractivity contribution in [2.75, 3.05) is 0 Å². The first-order chi connectivity index (χ1) is 11.8. The van der Waals surface area contributed by atoms with Gasteiger partial charge in [0.25, 0.3) is 0 Å². The highest BCUT2D eigenvalue weighted by Gasteiger charge is 2.28. The average Bonchev–Trinajstić information content (AvgIpc) is 2.54. The zero-order valence-corrected chi connectivity index (χ0v) is 15.0. The summed E-state index contributed by atoms with van der Waals surface area (Å²) in [6, 6.07) is 9.99. The van der Waals surface area contributed by atoms with Crippen molar-refractivity contribution in [3.05, 3.63) is 53.1 Å². The summed E-state index contributed by atoms with van der Waals surface area (Å²) < 4.78 is 23.8. The molecule has 0 unspecified atom stereocenters. The van der Waals surface area contributed by atoms with Crippen molar-refractivity contribution in [3.8, 4) is 11.5 Å². The highest BCUT2D eigenvalue weighted by Crippen LogP contribution is 2.44. The Morgan fingerprint density at radius 3 is 2.08 bits per heavy atom. The average molecular weight is 361 g/mol. The van der Waals surface area contributed by atoms with Gasteiger partial charge in [0.05, 0.1) is 4.90 Å². The molecule has 2 aromatic carbocycles. The van der Waals surface area contributed by atoms with Gasteiger partial charge in [0.1, 0.15) is 11.5 Å². The summed E-state index contributed by atoms with van der Waals surface area (Å²) in [6.07, 6.45) is 3.36. The van der Waals surface area contributed by atoms with Crippen LogP contribution in [0.4, 0.5) is 0 Å². The molecule has 5 nitrogen and oxygen atoms in total. The van der Waals surface area contributed by atoms with Crippen molar-refractivity contribution in [1.82, 2.24) is 0 Å². The van der Waals surface area contributed by atoms with Crippen LogP contribution in [0.15, 0.2) is 41.3 Å². The Bertz CT molecular complexity index is 884. The van der Waals surface area contributed by atoms with Crippen molar-refractivity contribution < 1.29 is 18.6 Å². The first kappa shape index (κ1) is 17.8. The number of phenolic OH excluding ortho intramolecular Hbond substituents is 2. The predicted molar refractivity (Wildman–Crippen MR) is 96.3 cm³/mol. The number of hydrogen-bond donors (Lipinski definition) is 3. The number of primary sulfonamides is 1. The molecule has 1 fully saturated rings. The second-order valence-corrected chi connectivity index (χ2v) is 8.41. The molecule has 1 aliphatic rings. The Hall–Kier alpha value is -2.05. The molecule has 1 aliphatic carbocycles. The molecule has 0 heterocycles.